The lowest BCUT2D eigenvalue weighted by Gasteiger charge is -2.34. The van der Waals surface area contributed by atoms with Crippen LogP contribution >= 0.6 is 0 Å². The van der Waals surface area contributed by atoms with E-state index in [9.17, 15) is 15.0 Å². The van der Waals surface area contributed by atoms with Gasteiger partial charge < -0.3 is 14.9 Å². The first kappa shape index (κ1) is 29.2. The quantitative estimate of drug-likeness (QED) is 0.255. The van der Waals surface area contributed by atoms with Crippen LogP contribution in [0.25, 0.3) is 6.08 Å². The molecule has 0 atom stereocenters. The number of carboxylic acid groups (broad SMARTS) is 1. The molecule has 0 spiro atoms. The minimum Gasteiger partial charge on any atom is -0.489 e. The third kappa shape index (κ3) is 6.36. The average Bonchev–Trinajstić information content (AvgIpc) is 2.93. The van der Waals surface area contributed by atoms with E-state index in [-0.39, 0.29) is 11.0 Å². The second kappa shape index (κ2) is 12.4. The van der Waals surface area contributed by atoms with E-state index >= 15 is 0 Å². The van der Waals surface area contributed by atoms with Crippen molar-refractivity contribution in [2.45, 2.75) is 84.8 Å². The lowest BCUT2D eigenvalue weighted by molar-refractivity contribution is 0.0696. The zero-order valence-electron chi connectivity index (χ0n) is 23.7. The fourth-order valence-electron chi connectivity index (χ4n) is 5.19. The van der Waals surface area contributed by atoms with E-state index in [2.05, 4.69) is 58.0 Å². The smallest absolute Gasteiger partial charge is 0.335 e. The van der Waals surface area contributed by atoms with Crippen molar-refractivity contribution >= 4 is 12.0 Å². The lowest BCUT2D eigenvalue weighted by atomic mass is 9.70. The Morgan fingerprint density at radius 1 is 0.842 bits per heavy atom. The van der Waals surface area contributed by atoms with Crippen LogP contribution in [0.15, 0.2) is 66.7 Å². The molecule has 4 heteroatoms. The molecule has 0 amide bonds. The molecule has 3 aromatic carbocycles. The molecule has 0 unspecified atom stereocenters. The van der Waals surface area contributed by atoms with E-state index in [1.54, 1.807) is 18.2 Å². The van der Waals surface area contributed by atoms with Crippen molar-refractivity contribution in [3.05, 3.63) is 106 Å². The van der Waals surface area contributed by atoms with Gasteiger partial charge in [0, 0.05) is 5.41 Å². The van der Waals surface area contributed by atoms with Crippen molar-refractivity contribution in [1.82, 2.24) is 0 Å². The van der Waals surface area contributed by atoms with Gasteiger partial charge in [-0.2, -0.15) is 0 Å². The van der Waals surface area contributed by atoms with Gasteiger partial charge in [0.15, 0.2) is 0 Å². The highest BCUT2D eigenvalue weighted by molar-refractivity contribution is 5.87. The second-order valence-electron chi connectivity index (χ2n) is 10.3. The maximum atomic E-state index is 11.3. The summed E-state index contributed by atoms with van der Waals surface area (Å²) in [6.07, 6.45) is 7.30. The van der Waals surface area contributed by atoms with Crippen LogP contribution < -0.4 is 4.74 Å². The number of benzene rings is 3. The van der Waals surface area contributed by atoms with E-state index in [1.807, 2.05) is 38.1 Å². The highest BCUT2D eigenvalue weighted by atomic mass is 16.5. The number of carboxylic acids is 1. The first-order valence-corrected chi connectivity index (χ1v) is 13.7. The minimum absolute atomic E-state index is 0.125. The topological polar surface area (TPSA) is 66.8 Å². The van der Waals surface area contributed by atoms with Crippen LogP contribution in [-0.4, -0.2) is 21.8 Å². The summed E-state index contributed by atoms with van der Waals surface area (Å²) >= 11 is 0. The molecule has 202 valence electrons. The third-order valence-electron chi connectivity index (χ3n) is 8.12. The van der Waals surface area contributed by atoms with Gasteiger partial charge in [-0.1, -0.05) is 82.3 Å². The molecule has 0 aliphatic heterocycles. The maximum absolute atomic E-state index is 11.3. The molecule has 0 saturated heterocycles. The van der Waals surface area contributed by atoms with Gasteiger partial charge in [-0.25, -0.2) is 4.79 Å². The number of carbonyl (C=O) groups is 1. The van der Waals surface area contributed by atoms with E-state index in [4.69, 9.17) is 4.74 Å². The van der Waals surface area contributed by atoms with Crippen molar-refractivity contribution in [3.8, 4) is 5.75 Å². The van der Waals surface area contributed by atoms with Crippen molar-refractivity contribution in [1.29, 1.82) is 0 Å². The highest BCUT2D eigenvalue weighted by Crippen LogP contribution is 2.41. The van der Waals surface area contributed by atoms with Crippen molar-refractivity contribution in [2.75, 3.05) is 0 Å². The van der Waals surface area contributed by atoms with E-state index in [1.165, 1.54) is 16.7 Å². The molecule has 0 aromatic heterocycles. The summed E-state index contributed by atoms with van der Waals surface area (Å²) < 4.78 is 6.08. The largest absolute Gasteiger partial charge is 0.489 e. The molecule has 0 aliphatic rings. The highest BCUT2D eigenvalue weighted by Gasteiger charge is 2.31. The molecular weight excluding hydrogens is 472 g/mol. The van der Waals surface area contributed by atoms with Crippen LogP contribution in [0.1, 0.15) is 97.1 Å². The van der Waals surface area contributed by atoms with Gasteiger partial charge in [0.25, 0.3) is 0 Å². The molecule has 3 rings (SSSR count). The Morgan fingerprint density at radius 3 is 2.03 bits per heavy atom. The van der Waals surface area contributed by atoms with Gasteiger partial charge in [-0.15, -0.1) is 0 Å². The summed E-state index contributed by atoms with van der Waals surface area (Å²) in [7, 11) is 0. The normalized spacial score (nSPS) is 12.2. The molecule has 2 N–H and O–H groups in total. The molecular formula is C34H42O4. The summed E-state index contributed by atoms with van der Waals surface area (Å²) in [5, 5.41) is 19.9. The average molecular weight is 515 g/mol. The predicted octanol–water partition coefficient (Wildman–Crippen LogP) is 8.25. The molecule has 0 saturated carbocycles. The summed E-state index contributed by atoms with van der Waals surface area (Å²) in [5.74, 6) is -0.142. The molecule has 0 fully saturated rings. The summed E-state index contributed by atoms with van der Waals surface area (Å²) in [4.78, 5) is 11.3. The summed E-state index contributed by atoms with van der Waals surface area (Å²) in [5.41, 5.74) is 6.12. The summed E-state index contributed by atoms with van der Waals surface area (Å²) in [6.45, 7) is 13.0. The van der Waals surface area contributed by atoms with E-state index in [0.29, 0.717) is 19.4 Å². The molecule has 4 nitrogen and oxygen atoms in total. The molecule has 38 heavy (non-hydrogen) atoms. The summed E-state index contributed by atoms with van der Waals surface area (Å²) in [6, 6.07) is 20.0. The van der Waals surface area contributed by atoms with Crippen LogP contribution in [0.3, 0.4) is 0 Å². The fourth-order valence-corrected chi connectivity index (χ4v) is 5.19. The number of ether oxygens (including phenoxy) is 1. The van der Waals surface area contributed by atoms with Gasteiger partial charge in [0.2, 0.25) is 0 Å². The maximum Gasteiger partial charge on any atom is 0.335 e. The van der Waals surface area contributed by atoms with Crippen LogP contribution in [-0.2, 0) is 12.0 Å². The van der Waals surface area contributed by atoms with E-state index < -0.39 is 11.6 Å². The Morgan fingerprint density at radius 2 is 1.47 bits per heavy atom. The first-order chi connectivity index (χ1) is 18.1. The van der Waals surface area contributed by atoms with Gasteiger partial charge >= 0.3 is 5.97 Å². The number of aliphatic hydroxyl groups is 1. The fraction of sp³-hybridized carbons (Fsp3) is 0.382. The van der Waals surface area contributed by atoms with Gasteiger partial charge in [0.1, 0.15) is 12.4 Å². The van der Waals surface area contributed by atoms with Crippen molar-refractivity contribution in [2.24, 2.45) is 0 Å². The number of aryl methyl sites for hydroxylation is 2. The van der Waals surface area contributed by atoms with Crippen LogP contribution in [0, 0.1) is 13.8 Å². The van der Waals surface area contributed by atoms with Crippen LogP contribution in [0.4, 0.5) is 0 Å². The van der Waals surface area contributed by atoms with Gasteiger partial charge in [-0.3, -0.25) is 0 Å². The van der Waals surface area contributed by atoms with Crippen molar-refractivity contribution in [3.63, 3.8) is 0 Å². The van der Waals surface area contributed by atoms with Crippen LogP contribution in [0.5, 0.6) is 5.75 Å². The molecule has 0 bridgehead atoms. The Bertz CT molecular complexity index is 1280. The Labute approximate surface area is 228 Å². The zero-order valence-corrected chi connectivity index (χ0v) is 23.7. The zero-order chi connectivity index (χ0) is 27.9. The van der Waals surface area contributed by atoms with Crippen molar-refractivity contribution < 1.29 is 19.7 Å². The molecule has 0 aliphatic carbocycles. The number of aromatic carboxylic acids is 1. The standard InChI is InChI=1S/C34H42O4/c1-7-33(37,8-2)19-18-27-14-15-29(20-24(27)5)34(9-3,10-4)30-16-17-31(25(6)21-30)38-23-26-12-11-13-28(22-26)32(35)36/h11-22,37H,7-10,23H2,1-6H3,(H,35,36)/b19-18+. The third-order valence-corrected chi connectivity index (χ3v) is 8.12. The lowest BCUT2D eigenvalue weighted by Crippen LogP contribution is -2.26. The second-order valence-corrected chi connectivity index (χ2v) is 10.3. The van der Waals surface area contributed by atoms with Gasteiger partial charge in [0.05, 0.1) is 11.2 Å². The Kier molecular flexibility index (Phi) is 9.56. The predicted molar refractivity (Wildman–Crippen MR) is 156 cm³/mol. The Balaban J connectivity index is 1.87. The van der Waals surface area contributed by atoms with Gasteiger partial charge in [-0.05, 0) is 91.1 Å². The SMILES string of the molecule is CCC(O)(/C=C/c1ccc(C(CC)(CC)c2ccc(OCc3cccc(C(=O)O)c3)c(C)c2)cc1C)CC. The number of hydrogen-bond acceptors (Lipinski definition) is 3. The Hall–Kier alpha value is -3.37. The molecule has 0 heterocycles. The minimum atomic E-state index is -0.939. The van der Waals surface area contributed by atoms with E-state index in [0.717, 1.165) is 35.3 Å². The molecule has 0 radical (unpaired) electrons. The molecule has 3 aromatic rings. The number of hydrogen-bond donors (Lipinski definition) is 2. The number of rotatable bonds is 12. The first-order valence-electron chi connectivity index (χ1n) is 13.7. The monoisotopic (exact) mass is 514 g/mol. The van der Waals surface area contributed by atoms with Crippen LogP contribution in [0.2, 0.25) is 0 Å².